The number of thiol groups is 1. The lowest BCUT2D eigenvalue weighted by atomic mass is 9.66. The Morgan fingerprint density at radius 2 is 2.21 bits per heavy atom. The third-order valence-electron chi connectivity index (χ3n) is 3.79. The van der Waals surface area contributed by atoms with Gasteiger partial charge in [-0.25, -0.2) is 4.31 Å². The highest BCUT2D eigenvalue weighted by atomic mass is 32.1. The quantitative estimate of drug-likeness (QED) is 0.532. The van der Waals surface area contributed by atoms with Gasteiger partial charge in [-0.15, -0.1) is 0 Å². The second kappa shape index (κ2) is 3.26. The molecule has 78 valence electrons. The van der Waals surface area contributed by atoms with E-state index in [1.165, 1.54) is 0 Å². The van der Waals surface area contributed by atoms with Crippen LogP contribution in [0.3, 0.4) is 0 Å². The highest BCUT2D eigenvalue weighted by molar-refractivity contribution is 7.79. The number of fused-ring (bicyclic) bond motifs is 1. The van der Waals surface area contributed by atoms with E-state index in [0.29, 0.717) is 0 Å². The summed E-state index contributed by atoms with van der Waals surface area (Å²) in [6.45, 7) is 2.00. The molecular weight excluding hydrogens is 198 g/mol. The molecule has 1 saturated carbocycles. The summed E-state index contributed by atoms with van der Waals surface area (Å²) in [6, 6.07) is 0. The van der Waals surface area contributed by atoms with Crippen LogP contribution in [0.15, 0.2) is 0 Å². The summed E-state index contributed by atoms with van der Waals surface area (Å²) in [7, 11) is 0. The zero-order chi connectivity index (χ0) is 10.3. The molecule has 0 bridgehead atoms. The van der Waals surface area contributed by atoms with Crippen LogP contribution in [-0.4, -0.2) is 16.1 Å². The van der Waals surface area contributed by atoms with E-state index in [4.69, 9.17) is 0 Å². The maximum Gasteiger partial charge on any atom is 0.246 e. The number of carbonyl (C=O) groups is 2. The van der Waals surface area contributed by atoms with Crippen LogP contribution >= 0.6 is 12.8 Å². The fourth-order valence-corrected chi connectivity index (χ4v) is 3.23. The molecular formula is C10H15NO2S. The zero-order valence-corrected chi connectivity index (χ0v) is 9.22. The largest absolute Gasteiger partial charge is 0.273 e. The summed E-state index contributed by atoms with van der Waals surface area (Å²) >= 11 is 3.98. The van der Waals surface area contributed by atoms with Crippen molar-refractivity contribution in [2.75, 3.05) is 0 Å². The van der Waals surface area contributed by atoms with Gasteiger partial charge in [-0.1, -0.05) is 32.6 Å². The average Bonchev–Trinajstić information content (AvgIpc) is 2.42. The second-order valence-corrected chi connectivity index (χ2v) is 4.66. The van der Waals surface area contributed by atoms with Crippen molar-refractivity contribution in [1.82, 2.24) is 4.31 Å². The van der Waals surface area contributed by atoms with Gasteiger partial charge in [-0.3, -0.25) is 9.59 Å². The van der Waals surface area contributed by atoms with E-state index in [1.54, 1.807) is 0 Å². The van der Waals surface area contributed by atoms with Crippen molar-refractivity contribution in [1.29, 1.82) is 0 Å². The van der Waals surface area contributed by atoms with Crippen molar-refractivity contribution in [2.24, 2.45) is 11.3 Å². The van der Waals surface area contributed by atoms with Gasteiger partial charge >= 0.3 is 0 Å². The van der Waals surface area contributed by atoms with Crippen molar-refractivity contribution in [3.05, 3.63) is 0 Å². The van der Waals surface area contributed by atoms with Gasteiger partial charge in [0.15, 0.2) is 0 Å². The lowest BCUT2D eigenvalue weighted by Gasteiger charge is -2.34. The fraction of sp³-hybridized carbons (Fsp3) is 0.800. The highest BCUT2D eigenvalue weighted by Crippen LogP contribution is 2.50. The summed E-state index contributed by atoms with van der Waals surface area (Å²) in [6.07, 6.45) is 4.60. The van der Waals surface area contributed by atoms with Crippen molar-refractivity contribution >= 4 is 24.6 Å². The molecule has 2 unspecified atom stereocenters. The number of hydrogen-bond donors (Lipinski definition) is 1. The van der Waals surface area contributed by atoms with E-state index in [0.717, 1.165) is 36.4 Å². The average molecular weight is 213 g/mol. The molecule has 3 nitrogen and oxygen atoms in total. The van der Waals surface area contributed by atoms with E-state index in [-0.39, 0.29) is 17.7 Å². The van der Waals surface area contributed by atoms with Crippen LogP contribution in [-0.2, 0) is 9.59 Å². The Balaban J connectivity index is 2.40. The van der Waals surface area contributed by atoms with Gasteiger partial charge in [0, 0.05) is 0 Å². The van der Waals surface area contributed by atoms with Crippen molar-refractivity contribution in [2.45, 2.75) is 39.0 Å². The Morgan fingerprint density at radius 3 is 2.79 bits per heavy atom. The highest BCUT2D eigenvalue weighted by Gasteiger charge is 2.57. The van der Waals surface area contributed by atoms with E-state index < -0.39 is 5.41 Å². The minimum Gasteiger partial charge on any atom is -0.273 e. The molecule has 14 heavy (non-hydrogen) atoms. The number of imide groups is 1. The number of rotatable bonds is 1. The van der Waals surface area contributed by atoms with Crippen LogP contribution in [0.5, 0.6) is 0 Å². The Morgan fingerprint density at radius 1 is 1.50 bits per heavy atom. The molecule has 2 rings (SSSR count). The molecule has 0 radical (unpaired) electrons. The van der Waals surface area contributed by atoms with Crippen LogP contribution in [0.2, 0.25) is 0 Å². The molecule has 0 aromatic heterocycles. The predicted octanol–water partition coefficient (Wildman–Crippen LogP) is 1.79. The zero-order valence-electron chi connectivity index (χ0n) is 8.32. The fourth-order valence-electron chi connectivity index (χ4n) is 2.89. The first kappa shape index (κ1) is 10.0. The number of hydrogen-bond acceptors (Lipinski definition) is 3. The third kappa shape index (κ3) is 1.06. The minimum atomic E-state index is -0.406. The summed E-state index contributed by atoms with van der Waals surface area (Å²) in [5.41, 5.74) is -0.406. The maximum absolute atomic E-state index is 11.9. The van der Waals surface area contributed by atoms with Gasteiger partial charge in [0.05, 0.1) is 11.3 Å². The lowest BCUT2D eigenvalue weighted by Crippen LogP contribution is -2.36. The summed E-state index contributed by atoms with van der Waals surface area (Å²) < 4.78 is 1.04. The van der Waals surface area contributed by atoms with Crippen LogP contribution < -0.4 is 0 Å². The molecule has 2 fully saturated rings. The van der Waals surface area contributed by atoms with E-state index >= 15 is 0 Å². The molecule has 1 aliphatic heterocycles. The predicted molar refractivity (Wildman–Crippen MR) is 55.5 cm³/mol. The van der Waals surface area contributed by atoms with Crippen LogP contribution in [0.25, 0.3) is 0 Å². The van der Waals surface area contributed by atoms with Crippen molar-refractivity contribution in [3.8, 4) is 0 Å². The van der Waals surface area contributed by atoms with Crippen LogP contribution in [0, 0.1) is 11.3 Å². The molecule has 1 saturated heterocycles. The molecule has 1 heterocycles. The maximum atomic E-state index is 11.9. The smallest absolute Gasteiger partial charge is 0.246 e. The van der Waals surface area contributed by atoms with E-state index in [1.807, 2.05) is 6.92 Å². The van der Waals surface area contributed by atoms with Gasteiger partial charge < -0.3 is 0 Å². The topological polar surface area (TPSA) is 37.4 Å². The standard InChI is InChI=1S/C10H15NO2S/c1-2-10-6-4-3-5-7(10)8(12)11(14)9(10)13/h7,14H,2-6H2,1H3. The number of nitrogens with zero attached hydrogens (tertiary/aromatic N) is 1. The van der Waals surface area contributed by atoms with Crippen molar-refractivity contribution < 1.29 is 9.59 Å². The first-order chi connectivity index (χ1) is 6.63. The summed E-state index contributed by atoms with van der Waals surface area (Å²) in [5, 5.41) is 0. The summed E-state index contributed by atoms with van der Waals surface area (Å²) in [5.74, 6) is -0.246. The Kier molecular flexibility index (Phi) is 2.33. The molecule has 2 amide bonds. The Labute approximate surface area is 89.4 Å². The number of amides is 2. The molecule has 2 aliphatic rings. The Bertz CT molecular complexity index is 292. The SMILES string of the molecule is CCC12CCCCC1C(=O)N(S)C2=O. The van der Waals surface area contributed by atoms with Gasteiger partial charge in [0.25, 0.3) is 0 Å². The van der Waals surface area contributed by atoms with Gasteiger partial charge in [0.2, 0.25) is 11.8 Å². The Hall–Kier alpha value is -0.510. The molecule has 0 N–H and O–H groups in total. The lowest BCUT2D eigenvalue weighted by molar-refractivity contribution is -0.135. The molecule has 0 aromatic rings. The normalized spacial score (nSPS) is 37.6. The second-order valence-electron chi connectivity index (χ2n) is 4.26. The molecule has 0 spiro atoms. The van der Waals surface area contributed by atoms with E-state index in [9.17, 15) is 9.59 Å². The summed E-state index contributed by atoms with van der Waals surface area (Å²) in [4.78, 5) is 23.7. The third-order valence-corrected chi connectivity index (χ3v) is 4.17. The van der Waals surface area contributed by atoms with Gasteiger partial charge in [-0.05, 0) is 19.3 Å². The van der Waals surface area contributed by atoms with Gasteiger partial charge in [-0.2, -0.15) is 0 Å². The first-order valence-electron chi connectivity index (χ1n) is 5.21. The van der Waals surface area contributed by atoms with Gasteiger partial charge in [0.1, 0.15) is 0 Å². The molecule has 0 aromatic carbocycles. The molecule has 4 heteroatoms. The van der Waals surface area contributed by atoms with Crippen LogP contribution in [0.1, 0.15) is 39.0 Å². The minimum absolute atomic E-state index is 0.0713. The van der Waals surface area contributed by atoms with Crippen LogP contribution in [0.4, 0.5) is 0 Å². The first-order valence-corrected chi connectivity index (χ1v) is 5.61. The number of carbonyl (C=O) groups excluding carboxylic acids is 2. The monoisotopic (exact) mass is 213 g/mol. The van der Waals surface area contributed by atoms with Crippen molar-refractivity contribution in [3.63, 3.8) is 0 Å². The molecule has 2 atom stereocenters. The molecule has 1 aliphatic carbocycles. The van der Waals surface area contributed by atoms with E-state index in [2.05, 4.69) is 12.8 Å².